The van der Waals surface area contributed by atoms with Crippen LogP contribution in [0.25, 0.3) is 0 Å². The second-order valence-electron chi connectivity index (χ2n) is 6.77. The summed E-state index contributed by atoms with van der Waals surface area (Å²) in [6.07, 6.45) is 23.0. The SMILES string of the molecule is CC=CC(N)(CCCCCCCC)CCCCCCCC. The van der Waals surface area contributed by atoms with E-state index in [0.717, 1.165) is 0 Å². The molecule has 0 unspecified atom stereocenters. The zero-order valence-corrected chi connectivity index (χ0v) is 15.1. The fourth-order valence-electron chi connectivity index (χ4n) is 3.09. The molecule has 0 bridgehead atoms. The van der Waals surface area contributed by atoms with Gasteiger partial charge >= 0.3 is 0 Å². The molecule has 0 aromatic heterocycles. The summed E-state index contributed by atoms with van der Waals surface area (Å²) in [6, 6.07) is 0. The molecule has 0 aliphatic heterocycles. The Kier molecular flexibility index (Phi) is 14.4. The molecule has 0 aromatic rings. The van der Waals surface area contributed by atoms with Crippen molar-refractivity contribution in [3.05, 3.63) is 12.2 Å². The van der Waals surface area contributed by atoms with E-state index in [1.54, 1.807) is 0 Å². The van der Waals surface area contributed by atoms with Gasteiger partial charge in [-0.1, -0.05) is 103 Å². The van der Waals surface area contributed by atoms with Gasteiger partial charge in [0.1, 0.15) is 0 Å². The molecule has 0 spiro atoms. The second-order valence-corrected chi connectivity index (χ2v) is 6.77. The number of hydrogen-bond donors (Lipinski definition) is 1. The van der Waals surface area contributed by atoms with Gasteiger partial charge in [0.05, 0.1) is 0 Å². The normalized spacial score (nSPS) is 12.4. The highest BCUT2D eigenvalue weighted by molar-refractivity contribution is 5.03. The molecule has 1 heteroatoms. The molecule has 1 nitrogen and oxygen atoms in total. The van der Waals surface area contributed by atoms with Crippen LogP contribution in [0.4, 0.5) is 0 Å². The van der Waals surface area contributed by atoms with Crippen LogP contribution in [0.3, 0.4) is 0 Å². The zero-order chi connectivity index (χ0) is 15.8. The minimum absolute atomic E-state index is 0.0374. The van der Waals surface area contributed by atoms with Gasteiger partial charge in [0.2, 0.25) is 0 Å². The van der Waals surface area contributed by atoms with Crippen LogP contribution < -0.4 is 5.73 Å². The van der Waals surface area contributed by atoms with E-state index in [4.69, 9.17) is 5.73 Å². The molecule has 2 N–H and O–H groups in total. The Bertz CT molecular complexity index is 216. The van der Waals surface area contributed by atoms with Crippen molar-refractivity contribution in [2.45, 2.75) is 116 Å². The Morgan fingerprint density at radius 1 is 0.667 bits per heavy atom. The third-order valence-electron chi connectivity index (χ3n) is 4.49. The fourth-order valence-corrected chi connectivity index (χ4v) is 3.09. The molecule has 0 amide bonds. The summed E-state index contributed by atoms with van der Waals surface area (Å²) in [6.45, 7) is 6.65. The van der Waals surface area contributed by atoms with Crippen LogP contribution in [-0.4, -0.2) is 5.54 Å². The lowest BCUT2D eigenvalue weighted by atomic mass is 9.87. The Hall–Kier alpha value is -0.300. The van der Waals surface area contributed by atoms with E-state index < -0.39 is 0 Å². The first kappa shape index (κ1) is 20.7. The zero-order valence-electron chi connectivity index (χ0n) is 15.1. The van der Waals surface area contributed by atoms with Crippen molar-refractivity contribution >= 4 is 0 Å². The summed E-state index contributed by atoms with van der Waals surface area (Å²) in [5.74, 6) is 0. The van der Waals surface area contributed by atoms with Crippen LogP contribution >= 0.6 is 0 Å². The highest BCUT2D eigenvalue weighted by Crippen LogP contribution is 2.22. The Morgan fingerprint density at radius 2 is 1.05 bits per heavy atom. The number of rotatable bonds is 15. The van der Waals surface area contributed by atoms with Crippen LogP contribution in [0.5, 0.6) is 0 Å². The van der Waals surface area contributed by atoms with Crippen molar-refractivity contribution in [1.29, 1.82) is 0 Å². The predicted molar refractivity (Wildman–Crippen MR) is 97.7 cm³/mol. The molecule has 126 valence electrons. The van der Waals surface area contributed by atoms with Gasteiger partial charge in [-0.25, -0.2) is 0 Å². The van der Waals surface area contributed by atoms with Crippen molar-refractivity contribution in [1.82, 2.24) is 0 Å². The summed E-state index contributed by atoms with van der Waals surface area (Å²) in [4.78, 5) is 0. The first-order valence-electron chi connectivity index (χ1n) is 9.61. The molecular weight excluding hydrogens is 254 g/mol. The van der Waals surface area contributed by atoms with Crippen molar-refractivity contribution in [3.63, 3.8) is 0 Å². The third kappa shape index (κ3) is 13.1. The maximum Gasteiger partial charge on any atom is 0.0339 e. The summed E-state index contributed by atoms with van der Waals surface area (Å²) >= 11 is 0. The molecular formula is C20H41N. The molecule has 0 aliphatic carbocycles. The molecule has 0 saturated heterocycles. The fraction of sp³-hybridized carbons (Fsp3) is 0.900. The lowest BCUT2D eigenvalue weighted by Crippen LogP contribution is -2.37. The summed E-state index contributed by atoms with van der Waals surface area (Å²) < 4.78 is 0. The Morgan fingerprint density at radius 3 is 1.43 bits per heavy atom. The molecule has 21 heavy (non-hydrogen) atoms. The molecule has 0 fully saturated rings. The number of hydrogen-bond acceptors (Lipinski definition) is 1. The molecule has 0 heterocycles. The van der Waals surface area contributed by atoms with E-state index in [9.17, 15) is 0 Å². The minimum atomic E-state index is -0.0374. The van der Waals surface area contributed by atoms with E-state index >= 15 is 0 Å². The smallest absolute Gasteiger partial charge is 0.0339 e. The minimum Gasteiger partial charge on any atom is -0.322 e. The standard InChI is InChI=1S/C20H41N/c1-4-7-9-11-13-15-18-20(21,17-6-3)19-16-14-12-10-8-5-2/h6,17H,4-5,7-16,18-19,21H2,1-3H3. The summed E-state index contributed by atoms with van der Waals surface area (Å²) in [5, 5.41) is 0. The van der Waals surface area contributed by atoms with Crippen LogP contribution in [0.15, 0.2) is 12.2 Å². The highest BCUT2D eigenvalue weighted by Gasteiger charge is 2.19. The average molecular weight is 296 g/mol. The first-order chi connectivity index (χ1) is 10.2. The molecule has 0 aliphatic rings. The molecule has 0 aromatic carbocycles. The monoisotopic (exact) mass is 295 g/mol. The lowest BCUT2D eigenvalue weighted by molar-refractivity contribution is 0.402. The molecule has 0 atom stereocenters. The quantitative estimate of drug-likeness (QED) is 0.262. The van der Waals surface area contributed by atoms with Gasteiger partial charge in [-0.05, 0) is 19.8 Å². The van der Waals surface area contributed by atoms with Gasteiger partial charge in [0.25, 0.3) is 0 Å². The summed E-state index contributed by atoms with van der Waals surface area (Å²) in [7, 11) is 0. The van der Waals surface area contributed by atoms with Crippen molar-refractivity contribution in [2.24, 2.45) is 5.73 Å². The largest absolute Gasteiger partial charge is 0.322 e. The predicted octanol–water partition coefficient (Wildman–Crippen LogP) is 6.76. The van der Waals surface area contributed by atoms with Crippen LogP contribution in [-0.2, 0) is 0 Å². The van der Waals surface area contributed by atoms with Gasteiger partial charge < -0.3 is 5.73 Å². The number of allylic oxidation sites excluding steroid dienone is 1. The topological polar surface area (TPSA) is 26.0 Å². The first-order valence-corrected chi connectivity index (χ1v) is 9.61. The van der Waals surface area contributed by atoms with Crippen molar-refractivity contribution in [3.8, 4) is 0 Å². The van der Waals surface area contributed by atoms with Gasteiger partial charge in [-0.15, -0.1) is 0 Å². The van der Waals surface area contributed by atoms with E-state index in [0.29, 0.717) is 0 Å². The van der Waals surface area contributed by atoms with Crippen LogP contribution in [0, 0.1) is 0 Å². The van der Waals surface area contributed by atoms with Crippen molar-refractivity contribution in [2.75, 3.05) is 0 Å². The third-order valence-corrected chi connectivity index (χ3v) is 4.49. The van der Waals surface area contributed by atoms with Gasteiger partial charge in [-0.3, -0.25) is 0 Å². The molecule has 0 radical (unpaired) electrons. The van der Waals surface area contributed by atoms with E-state index in [1.165, 1.54) is 89.9 Å². The van der Waals surface area contributed by atoms with Gasteiger partial charge in [0, 0.05) is 5.54 Å². The number of unbranched alkanes of at least 4 members (excludes halogenated alkanes) is 10. The van der Waals surface area contributed by atoms with Crippen molar-refractivity contribution < 1.29 is 0 Å². The Labute approximate surface area is 134 Å². The maximum atomic E-state index is 6.60. The van der Waals surface area contributed by atoms with E-state index in [2.05, 4.69) is 32.9 Å². The van der Waals surface area contributed by atoms with Gasteiger partial charge in [-0.2, -0.15) is 0 Å². The molecule has 0 saturated carbocycles. The summed E-state index contributed by atoms with van der Waals surface area (Å²) in [5.41, 5.74) is 6.57. The van der Waals surface area contributed by atoms with Gasteiger partial charge in [0.15, 0.2) is 0 Å². The van der Waals surface area contributed by atoms with Crippen LogP contribution in [0.1, 0.15) is 111 Å². The second kappa shape index (κ2) is 14.6. The van der Waals surface area contributed by atoms with E-state index in [-0.39, 0.29) is 5.54 Å². The maximum absolute atomic E-state index is 6.60. The van der Waals surface area contributed by atoms with Crippen LogP contribution in [0.2, 0.25) is 0 Å². The number of nitrogens with two attached hydrogens (primary N) is 1. The van der Waals surface area contributed by atoms with E-state index in [1.807, 2.05) is 0 Å². The molecule has 0 rings (SSSR count). The Balaban J connectivity index is 3.79. The average Bonchev–Trinajstić information content (AvgIpc) is 2.47. The highest BCUT2D eigenvalue weighted by atomic mass is 14.7. The lowest BCUT2D eigenvalue weighted by Gasteiger charge is -2.26.